The standard InChI is InChI=1S/C35H37N3O6S/c1-23-30(22-45-35-36-18-5-19-37-35)43-34(44-33(23)26-12-10-24(21-39)11-13-26)27-16-14-25(15-17-27)29-7-3-2-6-28(29)20-38-31(40)8-4-9-32(41)42/h2-3,5-7,10-19,23,30,33-34,39H,4,8-9,20-22H2,1H3,(H,38,40)(H,41,42). The van der Waals surface area contributed by atoms with Crippen LogP contribution < -0.4 is 5.32 Å². The number of aliphatic hydroxyl groups is 1. The minimum Gasteiger partial charge on any atom is -0.481 e. The van der Waals surface area contributed by atoms with Crippen molar-refractivity contribution in [2.45, 2.75) is 63.0 Å². The number of aliphatic hydroxyl groups excluding tert-OH is 1. The van der Waals surface area contributed by atoms with E-state index in [0.29, 0.717) is 23.9 Å². The van der Waals surface area contributed by atoms with Gasteiger partial charge in [0.15, 0.2) is 11.4 Å². The van der Waals surface area contributed by atoms with Crippen molar-refractivity contribution >= 4 is 23.6 Å². The summed E-state index contributed by atoms with van der Waals surface area (Å²) < 4.78 is 13.2. The largest absolute Gasteiger partial charge is 0.481 e. The van der Waals surface area contributed by atoms with Gasteiger partial charge in [-0.2, -0.15) is 0 Å². The molecule has 0 aliphatic carbocycles. The number of thioether (sulfide) groups is 1. The molecule has 0 radical (unpaired) electrons. The first-order chi connectivity index (χ1) is 21.9. The summed E-state index contributed by atoms with van der Waals surface area (Å²) in [5.74, 6) is -0.375. The molecule has 1 amide bonds. The summed E-state index contributed by atoms with van der Waals surface area (Å²) >= 11 is 1.55. The molecule has 1 aliphatic rings. The van der Waals surface area contributed by atoms with Gasteiger partial charge >= 0.3 is 5.97 Å². The molecule has 2 heterocycles. The second kappa shape index (κ2) is 15.8. The zero-order valence-electron chi connectivity index (χ0n) is 25.0. The van der Waals surface area contributed by atoms with Crippen LogP contribution in [0, 0.1) is 5.92 Å². The highest BCUT2D eigenvalue weighted by Crippen LogP contribution is 2.43. The maximum Gasteiger partial charge on any atom is 0.303 e. The predicted octanol–water partition coefficient (Wildman–Crippen LogP) is 6.09. The van der Waals surface area contributed by atoms with Gasteiger partial charge in [-0.05, 0) is 40.3 Å². The van der Waals surface area contributed by atoms with Crippen molar-refractivity contribution in [2.24, 2.45) is 5.92 Å². The number of carbonyl (C=O) groups excluding carboxylic acids is 1. The van der Waals surface area contributed by atoms with E-state index >= 15 is 0 Å². The van der Waals surface area contributed by atoms with Crippen molar-refractivity contribution in [3.05, 3.63) is 114 Å². The lowest BCUT2D eigenvalue weighted by Gasteiger charge is -2.41. The fourth-order valence-electron chi connectivity index (χ4n) is 5.28. The predicted molar refractivity (Wildman–Crippen MR) is 171 cm³/mol. The van der Waals surface area contributed by atoms with Gasteiger partial charge in [-0.1, -0.05) is 91.5 Å². The molecule has 234 valence electrons. The third-order valence-electron chi connectivity index (χ3n) is 7.82. The van der Waals surface area contributed by atoms with Gasteiger partial charge in [-0.15, -0.1) is 0 Å². The SMILES string of the molecule is CC1C(CSc2ncccn2)OC(c2ccc(-c3ccccc3CNC(=O)CCCC(=O)O)cc2)OC1c1ccc(CO)cc1. The Morgan fingerprint density at radius 3 is 2.31 bits per heavy atom. The molecule has 10 heteroatoms. The van der Waals surface area contributed by atoms with Crippen LogP contribution in [0.5, 0.6) is 0 Å². The second-order valence-electron chi connectivity index (χ2n) is 11.0. The maximum atomic E-state index is 12.3. The van der Waals surface area contributed by atoms with Crippen LogP contribution in [-0.2, 0) is 32.2 Å². The summed E-state index contributed by atoms with van der Waals surface area (Å²) in [6, 6.07) is 25.6. The Morgan fingerprint density at radius 1 is 0.889 bits per heavy atom. The Balaban J connectivity index is 1.32. The molecular formula is C35H37N3O6S. The van der Waals surface area contributed by atoms with Crippen LogP contribution in [0.25, 0.3) is 11.1 Å². The minimum atomic E-state index is -0.904. The Bertz CT molecular complexity index is 1550. The molecular weight excluding hydrogens is 590 g/mol. The minimum absolute atomic E-state index is 0.0158. The Morgan fingerprint density at radius 2 is 1.60 bits per heavy atom. The molecule has 3 aromatic carbocycles. The molecule has 1 aliphatic heterocycles. The van der Waals surface area contributed by atoms with E-state index in [4.69, 9.17) is 14.6 Å². The summed E-state index contributed by atoms with van der Waals surface area (Å²) in [4.78, 5) is 31.7. The number of hydrogen-bond acceptors (Lipinski definition) is 8. The number of amides is 1. The van der Waals surface area contributed by atoms with Crippen LogP contribution in [0.1, 0.15) is 60.8 Å². The quantitative estimate of drug-likeness (QED) is 0.119. The molecule has 0 bridgehead atoms. The molecule has 1 saturated heterocycles. The summed E-state index contributed by atoms with van der Waals surface area (Å²) in [5, 5.41) is 21.9. The van der Waals surface area contributed by atoms with E-state index in [2.05, 4.69) is 22.2 Å². The molecule has 4 atom stereocenters. The van der Waals surface area contributed by atoms with Crippen molar-refractivity contribution in [3.63, 3.8) is 0 Å². The van der Waals surface area contributed by atoms with Gasteiger partial charge in [0.25, 0.3) is 0 Å². The van der Waals surface area contributed by atoms with E-state index in [1.165, 1.54) is 0 Å². The highest BCUT2D eigenvalue weighted by atomic mass is 32.2. The van der Waals surface area contributed by atoms with E-state index in [1.807, 2.05) is 72.8 Å². The molecule has 1 fully saturated rings. The first-order valence-electron chi connectivity index (χ1n) is 15.0. The van der Waals surface area contributed by atoms with Gasteiger partial charge < -0.3 is 25.0 Å². The molecule has 5 rings (SSSR count). The molecule has 4 aromatic rings. The first-order valence-corrected chi connectivity index (χ1v) is 16.0. The lowest BCUT2D eigenvalue weighted by atomic mass is 9.91. The maximum absolute atomic E-state index is 12.3. The van der Waals surface area contributed by atoms with E-state index in [0.717, 1.165) is 33.4 Å². The van der Waals surface area contributed by atoms with Gasteiger partial charge in [0.1, 0.15) is 0 Å². The normalized spacial score (nSPS) is 19.6. The molecule has 45 heavy (non-hydrogen) atoms. The topological polar surface area (TPSA) is 131 Å². The van der Waals surface area contributed by atoms with Crippen LogP contribution in [0.4, 0.5) is 0 Å². The average Bonchev–Trinajstić information content (AvgIpc) is 3.07. The van der Waals surface area contributed by atoms with Gasteiger partial charge in [0.05, 0.1) is 18.8 Å². The third kappa shape index (κ3) is 8.76. The second-order valence-corrected chi connectivity index (χ2v) is 12.0. The number of aliphatic carboxylic acids is 1. The number of nitrogens with zero attached hydrogens (tertiary/aromatic N) is 2. The third-order valence-corrected chi connectivity index (χ3v) is 8.79. The number of carboxylic acids is 1. The molecule has 0 saturated carbocycles. The Kier molecular flexibility index (Phi) is 11.3. The number of ether oxygens (including phenoxy) is 2. The lowest BCUT2D eigenvalue weighted by molar-refractivity contribution is -0.268. The fraction of sp³-hybridized carbons (Fsp3) is 0.314. The van der Waals surface area contributed by atoms with Crippen LogP contribution in [0.15, 0.2) is 96.4 Å². The van der Waals surface area contributed by atoms with Crippen molar-refractivity contribution < 1.29 is 29.3 Å². The van der Waals surface area contributed by atoms with Crippen molar-refractivity contribution in [1.29, 1.82) is 0 Å². The average molecular weight is 628 g/mol. The number of carboxylic acid groups (broad SMARTS) is 1. The van der Waals surface area contributed by atoms with Crippen molar-refractivity contribution in [2.75, 3.05) is 5.75 Å². The first kappa shape index (κ1) is 32.3. The molecule has 4 unspecified atom stereocenters. The van der Waals surface area contributed by atoms with Crippen LogP contribution in [-0.4, -0.2) is 43.9 Å². The van der Waals surface area contributed by atoms with Gasteiger partial charge in [0.2, 0.25) is 5.91 Å². The molecule has 1 aromatic heterocycles. The van der Waals surface area contributed by atoms with Crippen LogP contribution >= 0.6 is 11.8 Å². The van der Waals surface area contributed by atoms with Crippen LogP contribution in [0.3, 0.4) is 0 Å². The summed E-state index contributed by atoms with van der Waals surface area (Å²) in [6.45, 7) is 2.46. The summed E-state index contributed by atoms with van der Waals surface area (Å²) in [7, 11) is 0. The Hall–Kier alpha value is -4.09. The molecule has 9 nitrogen and oxygen atoms in total. The van der Waals surface area contributed by atoms with Gasteiger partial charge in [0, 0.05) is 49.0 Å². The number of aromatic nitrogens is 2. The number of benzene rings is 3. The highest BCUT2D eigenvalue weighted by Gasteiger charge is 2.38. The summed E-state index contributed by atoms with van der Waals surface area (Å²) in [5.41, 5.74) is 5.70. The van der Waals surface area contributed by atoms with E-state index < -0.39 is 12.3 Å². The van der Waals surface area contributed by atoms with Crippen molar-refractivity contribution in [1.82, 2.24) is 15.3 Å². The molecule has 3 N–H and O–H groups in total. The number of carbonyl (C=O) groups is 2. The van der Waals surface area contributed by atoms with Crippen molar-refractivity contribution in [3.8, 4) is 11.1 Å². The molecule has 0 spiro atoms. The number of nitrogens with one attached hydrogen (secondary N) is 1. The monoisotopic (exact) mass is 627 g/mol. The fourth-order valence-corrected chi connectivity index (χ4v) is 6.25. The Labute approximate surface area is 267 Å². The van der Waals surface area contributed by atoms with Gasteiger partial charge in [-0.3, -0.25) is 9.59 Å². The highest BCUT2D eigenvalue weighted by molar-refractivity contribution is 7.99. The zero-order chi connectivity index (χ0) is 31.6. The van der Waals surface area contributed by atoms with Crippen LogP contribution in [0.2, 0.25) is 0 Å². The van der Waals surface area contributed by atoms with Gasteiger partial charge in [-0.25, -0.2) is 9.97 Å². The number of rotatable bonds is 13. The smallest absolute Gasteiger partial charge is 0.303 e. The summed E-state index contributed by atoms with van der Waals surface area (Å²) in [6.07, 6.45) is 2.96. The van der Waals surface area contributed by atoms with E-state index in [9.17, 15) is 14.7 Å². The zero-order valence-corrected chi connectivity index (χ0v) is 25.9. The number of hydrogen-bond donors (Lipinski definition) is 3. The lowest BCUT2D eigenvalue weighted by Crippen LogP contribution is -2.38. The van der Waals surface area contributed by atoms with E-state index in [1.54, 1.807) is 30.2 Å². The van der Waals surface area contributed by atoms with E-state index in [-0.39, 0.29) is 43.5 Å².